The van der Waals surface area contributed by atoms with Crippen LogP contribution in [0.15, 0.2) is 18.2 Å². The normalized spacial score (nSPS) is 16.1. The van der Waals surface area contributed by atoms with Crippen molar-refractivity contribution in [1.82, 2.24) is 9.80 Å². The van der Waals surface area contributed by atoms with Gasteiger partial charge in [-0.15, -0.1) is 0 Å². The Morgan fingerprint density at radius 3 is 2.86 bits per heavy atom. The van der Waals surface area contributed by atoms with Crippen molar-refractivity contribution in [2.75, 3.05) is 44.3 Å². The van der Waals surface area contributed by atoms with E-state index in [1.165, 1.54) is 0 Å². The number of nitrogens with two attached hydrogens (primary N) is 1. The highest BCUT2D eigenvalue weighted by Gasteiger charge is 2.21. The van der Waals surface area contributed by atoms with Crippen LogP contribution in [-0.4, -0.2) is 54.8 Å². The highest BCUT2D eigenvalue weighted by atomic mass is 35.5. The molecule has 6 nitrogen and oxygen atoms in total. The molecular weight excluding hydrogens is 292 g/mol. The summed E-state index contributed by atoms with van der Waals surface area (Å²) in [5.41, 5.74) is 6.77. The standard InChI is InChI=1S/C14H19ClN4O2/c1-18-6-7-19(9-14(18)21)5-4-13(20)17-12-3-2-10(15)8-11(12)16/h2-3,8H,4-7,9,16H2,1H3,(H,17,20). The Morgan fingerprint density at radius 2 is 2.19 bits per heavy atom. The predicted octanol–water partition coefficient (Wildman–Crippen LogP) is 1.02. The number of carbonyl (C=O) groups excluding carboxylic acids is 2. The van der Waals surface area contributed by atoms with Crippen molar-refractivity contribution < 1.29 is 9.59 Å². The molecule has 0 unspecified atom stereocenters. The number of hydrogen-bond donors (Lipinski definition) is 2. The topological polar surface area (TPSA) is 78.7 Å². The summed E-state index contributed by atoms with van der Waals surface area (Å²) in [7, 11) is 1.79. The van der Waals surface area contributed by atoms with E-state index in [9.17, 15) is 9.59 Å². The molecule has 0 bridgehead atoms. The molecule has 0 aromatic heterocycles. The van der Waals surface area contributed by atoms with Crippen molar-refractivity contribution in [2.45, 2.75) is 6.42 Å². The fourth-order valence-electron chi connectivity index (χ4n) is 2.12. The van der Waals surface area contributed by atoms with Crippen molar-refractivity contribution in [1.29, 1.82) is 0 Å². The summed E-state index contributed by atoms with van der Waals surface area (Å²) >= 11 is 5.81. The number of nitrogens with one attached hydrogen (secondary N) is 1. The lowest BCUT2D eigenvalue weighted by Gasteiger charge is -2.31. The van der Waals surface area contributed by atoms with Gasteiger partial charge in [0.05, 0.1) is 17.9 Å². The summed E-state index contributed by atoms with van der Waals surface area (Å²) in [5.74, 6) is -0.0426. The Balaban J connectivity index is 1.81. The number of anilines is 2. The number of likely N-dealkylation sites (N-methyl/N-ethyl adjacent to an activating group) is 1. The Hall–Kier alpha value is -1.79. The van der Waals surface area contributed by atoms with Gasteiger partial charge >= 0.3 is 0 Å². The van der Waals surface area contributed by atoms with Crippen LogP contribution in [0.3, 0.4) is 0 Å². The second-order valence-electron chi connectivity index (χ2n) is 5.12. The summed E-state index contributed by atoms with van der Waals surface area (Å²) in [6.07, 6.45) is 0.319. The summed E-state index contributed by atoms with van der Waals surface area (Å²) < 4.78 is 0. The second-order valence-corrected chi connectivity index (χ2v) is 5.56. The van der Waals surface area contributed by atoms with Crippen molar-refractivity contribution in [3.63, 3.8) is 0 Å². The van der Waals surface area contributed by atoms with Gasteiger partial charge in [-0.3, -0.25) is 14.5 Å². The van der Waals surface area contributed by atoms with Gasteiger partial charge in [0, 0.05) is 38.1 Å². The molecule has 0 spiro atoms. The summed E-state index contributed by atoms with van der Waals surface area (Å²) in [6.45, 7) is 2.41. The number of nitrogen functional groups attached to an aromatic ring is 1. The van der Waals surface area contributed by atoms with Gasteiger partial charge < -0.3 is 16.0 Å². The van der Waals surface area contributed by atoms with E-state index in [0.29, 0.717) is 42.5 Å². The first-order chi connectivity index (χ1) is 9.95. The minimum absolute atomic E-state index is 0.0867. The van der Waals surface area contributed by atoms with Crippen LogP contribution in [0.25, 0.3) is 0 Å². The zero-order valence-electron chi connectivity index (χ0n) is 11.9. The number of benzene rings is 1. The molecule has 1 heterocycles. The maximum atomic E-state index is 11.9. The first kappa shape index (κ1) is 15.6. The molecule has 2 rings (SSSR count). The largest absolute Gasteiger partial charge is 0.397 e. The minimum Gasteiger partial charge on any atom is -0.397 e. The minimum atomic E-state index is -0.129. The summed E-state index contributed by atoms with van der Waals surface area (Å²) in [4.78, 5) is 27.2. The van der Waals surface area contributed by atoms with Crippen LogP contribution in [-0.2, 0) is 9.59 Å². The fraction of sp³-hybridized carbons (Fsp3) is 0.429. The van der Waals surface area contributed by atoms with Crippen LogP contribution >= 0.6 is 11.6 Å². The van der Waals surface area contributed by atoms with Crippen LogP contribution in [0, 0.1) is 0 Å². The molecule has 2 amide bonds. The molecule has 0 aliphatic carbocycles. The first-order valence-corrected chi connectivity index (χ1v) is 7.14. The monoisotopic (exact) mass is 310 g/mol. The third-order valence-electron chi connectivity index (χ3n) is 3.48. The Labute approximate surface area is 128 Å². The molecule has 1 aliphatic rings. The molecule has 21 heavy (non-hydrogen) atoms. The van der Waals surface area contributed by atoms with E-state index in [4.69, 9.17) is 17.3 Å². The van der Waals surface area contributed by atoms with Gasteiger partial charge in [-0.2, -0.15) is 0 Å². The molecule has 1 saturated heterocycles. The quantitative estimate of drug-likeness (QED) is 0.814. The highest BCUT2D eigenvalue weighted by Crippen LogP contribution is 2.22. The number of rotatable bonds is 4. The van der Waals surface area contributed by atoms with Gasteiger partial charge in [0.1, 0.15) is 0 Å². The first-order valence-electron chi connectivity index (χ1n) is 6.77. The molecule has 1 aromatic carbocycles. The van der Waals surface area contributed by atoms with Crippen molar-refractivity contribution in [3.8, 4) is 0 Å². The van der Waals surface area contributed by atoms with Gasteiger partial charge in [-0.05, 0) is 18.2 Å². The molecule has 0 saturated carbocycles. The van der Waals surface area contributed by atoms with E-state index in [1.54, 1.807) is 30.1 Å². The van der Waals surface area contributed by atoms with E-state index in [-0.39, 0.29) is 11.8 Å². The summed E-state index contributed by atoms with van der Waals surface area (Å²) in [5, 5.41) is 3.28. The van der Waals surface area contributed by atoms with Crippen LogP contribution in [0.4, 0.5) is 11.4 Å². The molecule has 1 aromatic rings. The molecule has 1 aliphatic heterocycles. The zero-order chi connectivity index (χ0) is 15.4. The Morgan fingerprint density at radius 1 is 1.43 bits per heavy atom. The number of amides is 2. The van der Waals surface area contributed by atoms with Gasteiger partial charge in [0.15, 0.2) is 0 Å². The number of nitrogens with zero attached hydrogens (tertiary/aromatic N) is 2. The van der Waals surface area contributed by atoms with Gasteiger partial charge in [0.25, 0.3) is 0 Å². The molecule has 114 valence electrons. The van der Waals surface area contributed by atoms with Crippen molar-refractivity contribution in [2.24, 2.45) is 0 Å². The van der Waals surface area contributed by atoms with E-state index >= 15 is 0 Å². The van der Waals surface area contributed by atoms with Crippen molar-refractivity contribution in [3.05, 3.63) is 23.2 Å². The third-order valence-corrected chi connectivity index (χ3v) is 3.71. The lowest BCUT2D eigenvalue weighted by Crippen LogP contribution is -2.49. The number of carbonyl (C=O) groups is 2. The third kappa shape index (κ3) is 4.34. The SMILES string of the molecule is CN1CCN(CCC(=O)Nc2ccc(Cl)cc2N)CC1=O. The lowest BCUT2D eigenvalue weighted by molar-refractivity contribution is -0.134. The number of halogens is 1. The second kappa shape index (κ2) is 6.78. The van der Waals surface area contributed by atoms with Gasteiger partial charge in [-0.1, -0.05) is 11.6 Å². The molecule has 3 N–H and O–H groups in total. The fourth-order valence-corrected chi connectivity index (χ4v) is 2.30. The van der Waals surface area contributed by atoms with Crippen LogP contribution in [0.5, 0.6) is 0 Å². The van der Waals surface area contributed by atoms with E-state index < -0.39 is 0 Å². The average molecular weight is 311 g/mol. The molecule has 0 radical (unpaired) electrons. The van der Waals surface area contributed by atoms with Crippen LogP contribution < -0.4 is 11.1 Å². The van der Waals surface area contributed by atoms with E-state index in [2.05, 4.69) is 5.32 Å². The van der Waals surface area contributed by atoms with E-state index in [1.807, 2.05) is 4.90 Å². The maximum absolute atomic E-state index is 11.9. The summed E-state index contributed by atoms with van der Waals surface area (Å²) in [6, 6.07) is 4.94. The zero-order valence-corrected chi connectivity index (χ0v) is 12.7. The number of piperazine rings is 1. The average Bonchev–Trinajstić information content (AvgIpc) is 2.43. The van der Waals surface area contributed by atoms with Gasteiger partial charge in [-0.25, -0.2) is 0 Å². The van der Waals surface area contributed by atoms with Crippen LogP contribution in [0.1, 0.15) is 6.42 Å². The molecular formula is C14H19ClN4O2. The molecule has 1 fully saturated rings. The Kier molecular flexibility index (Phi) is 5.03. The van der Waals surface area contributed by atoms with Crippen molar-refractivity contribution >= 4 is 34.8 Å². The predicted molar refractivity (Wildman–Crippen MR) is 83.2 cm³/mol. The maximum Gasteiger partial charge on any atom is 0.236 e. The lowest BCUT2D eigenvalue weighted by atomic mass is 10.2. The molecule has 0 atom stereocenters. The number of hydrogen-bond acceptors (Lipinski definition) is 4. The molecule has 7 heteroatoms. The van der Waals surface area contributed by atoms with Gasteiger partial charge in [0.2, 0.25) is 11.8 Å². The smallest absolute Gasteiger partial charge is 0.236 e. The highest BCUT2D eigenvalue weighted by molar-refractivity contribution is 6.31. The Bertz CT molecular complexity index is 550. The van der Waals surface area contributed by atoms with Crippen LogP contribution in [0.2, 0.25) is 5.02 Å². The van der Waals surface area contributed by atoms with E-state index in [0.717, 1.165) is 6.54 Å².